The van der Waals surface area contributed by atoms with Crippen LogP contribution in [0.3, 0.4) is 0 Å². The third-order valence-corrected chi connectivity index (χ3v) is 5.72. The molecule has 2 heterocycles. The Morgan fingerprint density at radius 3 is 2.66 bits per heavy atom. The van der Waals surface area contributed by atoms with Gasteiger partial charge >= 0.3 is 0 Å². The molecular formula is C20H21N3O4S2. The number of nitrogens with one attached hydrogen (secondary N) is 2. The molecule has 0 aliphatic carbocycles. The van der Waals surface area contributed by atoms with Crippen molar-refractivity contribution in [2.75, 3.05) is 26.1 Å². The van der Waals surface area contributed by atoms with Crippen molar-refractivity contribution >= 4 is 39.6 Å². The van der Waals surface area contributed by atoms with Crippen molar-refractivity contribution < 1.29 is 19.1 Å². The Bertz CT molecular complexity index is 970. The van der Waals surface area contributed by atoms with Crippen LogP contribution in [0.4, 0.5) is 5.13 Å². The molecule has 1 aromatic carbocycles. The molecule has 0 unspecified atom stereocenters. The predicted molar refractivity (Wildman–Crippen MR) is 114 cm³/mol. The van der Waals surface area contributed by atoms with Crippen LogP contribution in [0.1, 0.15) is 20.9 Å². The summed E-state index contributed by atoms with van der Waals surface area (Å²) < 4.78 is 10.5. The molecule has 2 amide bonds. The van der Waals surface area contributed by atoms with Gasteiger partial charge < -0.3 is 14.8 Å². The molecule has 0 saturated carbocycles. The number of amides is 2. The van der Waals surface area contributed by atoms with Crippen molar-refractivity contribution in [3.63, 3.8) is 0 Å². The number of anilines is 1. The summed E-state index contributed by atoms with van der Waals surface area (Å²) in [5.74, 6) is 1.02. The molecule has 0 aliphatic heterocycles. The van der Waals surface area contributed by atoms with Crippen LogP contribution >= 0.6 is 22.7 Å². The molecule has 3 rings (SSSR count). The van der Waals surface area contributed by atoms with E-state index in [0.29, 0.717) is 40.2 Å². The lowest BCUT2D eigenvalue weighted by Crippen LogP contribution is -2.27. The van der Waals surface area contributed by atoms with Crippen molar-refractivity contribution in [1.29, 1.82) is 0 Å². The van der Waals surface area contributed by atoms with Gasteiger partial charge in [0.2, 0.25) is 5.91 Å². The van der Waals surface area contributed by atoms with E-state index >= 15 is 0 Å². The van der Waals surface area contributed by atoms with E-state index in [9.17, 15) is 9.59 Å². The number of nitrogens with zero attached hydrogens (tertiary/aromatic N) is 1. The van der Waals surface area contributed by atoms with Gasteiger partial charge in [0, 0.05) is 11.9 Å². The molecule has 152 valence electrons. The van der Waals surface area contributed by atoms with Gasteiger partial charge in [-0.1, -0.05) is 12.1 Å². The van der Waals surface area contributed by atoms with Crippen LogP contribution in [-0.4, -0.2) is 37.6 Å². The van der Waals surface area contributed by atoms with Gasteiger partial charge in [0.15, 0.2) is 16.6 Å². The minimum atomic E-state index is -0.194. The molecular weight excluding hydrogens is 410 g/mol. The topological polar surface area (TPSA) is 89.6 Å². The second kappa shape index (κ2) is 10.0. The molecule has 9 heteroatoms. The van der Waals surface area contributed by atoms with Gasteiger partial charge in [0.25, 0.3) is 5.91 Å². The summed E-state index contributed by atoms with van der Waals surface area (Å²) in [6, 6.07) is 9.25. The summed E-state index contributed by atoms with van der Waals surface area (Å²) >= 11 is 2.67. The number of methoxy groups -OCH3 is 2. The maximum absolute atomic E-state index is 12.2. The summed E-state index contributed by atoms with van der Waals surface area (Å²) in [5, 5.41) is 9.73. The van der Waals surface area contributed by atoms with Crippen LogP contribution in [0.5, 0.6) is 11.5 Å². The average molecular weight is 432 g/mol. The van der Waals surface area contributed by atoms with E-state index in [1.54, 1.807) is 25.7 Å². The fourth-order valence-corrected chi connectivity index (χ4v) is 3.95. The maximum atomic E-state index is 12.2. The largest absolute Gasteiger partial charge is 0.493 e. The third kappa shape index (κ3) is 5.78. The first-order valence-electron chi connectivity index (χ1n) is 8.86. The second-order valence-corrected chi connectivity index (χ2v) is 7.85. The Labute approximate surface area is 176 Å². The fraction of sp³-hybridized carbons (Fsp3) is 0.250. The van der Waals surface area contributed by atoms with E-state index in [4.69, 9.17) is 9.47 Å². The SMILES string of the molecule is COc1ccc(CCNC(=O)Cc2csc(NC(=O)c3cccs3)n2)cc1OC. The van der Waals surface area contributed by atoms with Gasteiger partial charge in [-0.15, -0.1) is 22.7 Å². The molecule has 0 bridgehead atoms. The number of aromatic nitrogens is 1. The summed E-state index contributed by atoms with van der Waals surface area (Å²) in [5.41, 5.74) is 1.66. The number of ether oxygens (including phenoxy) is 2. The van der Waals surface area contributed by atoms with Crippen LogP contribution in [-0.2, 0) is 17.6 Å². The maximum Gasteiger partial charge on any atom is 0.267 e. The average Bonchev–Trinajstić information content (AvgIpc) is 3.40. The fourth-order valence-electron chi connectivity index (χ4n) is 2.62. The van der Waals surface area contributed by atoms with Crippen LogP contribution in [0.2, 0.25) is 0 Å². The van der Waals surface area contributed by atoms with E-state index < -0.39 is 0 Å². The Hall–Kier alpha value is -2.91. The Morgan fingerprint density at radius 2 is 1.93 bits per heavy atom. The molecule has 0 aliphatic rings. The van der Waals surface area contributed by atoms with Gasteiger partial charge in [-0.05, 0) is 35.6 Å². The predicted octanol–water partition coefficient (Wildman–Crippen LogP) is 3.38. The van der Waals surface area contributed by atoms with Crippen molar-refractivity contribution in [2.24, 2.45) is 0 Å². The van der Waals surface area contributed by atoms with Gasteiger partial charge in [0.05, 0.1) is 31.2 Å². The quantitative estimate of drug-likeness (QED) is 0.542. The van der Waals surface area contributed by atoms with Crippen LogP contribution in [0.25, 0.3) is 0 Å². The molecule has 3 aromatic rings. The van der Waals surface area contributed by atoms with Crippen LogP contribution in [0.15, 0.2) is 41.1 Å². The van der Waals surface area contributed by atoms with Gasteiger partial charge in [-0.25, -0.2) is 4.98 Å². The minimum Gasteiger partial charge on any atom is -0.493 e. The molecule has 0 spiro atoms. The van der Waals surface area contributed by atoms with E-state index in [2.05, 4.69) is 15.6 Å². The molecule has 29 heavy (non-hydrogen) atoms. The minimum absolute atomic E-state index is 0.119. The number of carbonyl (C=O) groups is 2. The second-order valence-electron chi connectivity index (χ2n) is 6.04. The number of carbonyl (C=O) groups excluding carboxylic acids is 2. The van der Waals surface area contributed by atoms with Crippen LogP contribution in [0, 0.1) is 0 Å². The Kier molecular flexibility index (Phi) is 7.20. The number of thiazole rings is 1. The number of rotatable bonds is 9. The third-order valence-electron chi connectivity index (χ3n) is 4.04. The van der Waals surface area contributed by atoms with E-state index in [0.717, 1.165) is 5.56 Å². The molecule has 0 saturated heterocycles. The number of benzene rings is 1. The first-order valence-corrected chi connectivity index (χ1v) is 10.6. The normalized spacial score (nSPS) is 10.4. The zero-order valence-corrected chi connectivity index (χ0v) is 17.7. The Morgan fingerprint density at radius 1 is 1.10 bits per heavy atom. The highest BCUT2D eigenvalue weighted by Crippen LogP contribution is 2.27. The van der Waals surface area contributed by atoms with Crippen molar-refractivity contribution in [2.45, 2.75) is 12.8 Å². The molecule has 0 radical (unpaired) electrons. The first kappa shape index (κ1) is 20.8. The number of thiophene rings is 1. The molecule has 0 fully saturated rings. The van der Waals surface area contributed by atoms with E-state index in [-0.39, 0.29) is 18.2 Å². The standard InChI is InChI=1S/C20H21N3O4S2/c1-26-15-6-5-13(10-16(15)27-2)7-8-21-18(24)11-14-12-29-20(22-14)23-19(25)17-4-3-9-28-17/h3-6,9-10,12H,7-8,11H2,1-2H3,(H,21,24)(H,22,23,25). The summed E-state index contributed by atoms with van der Waals surface area (Å²) in [6.45, 7) is 0.500. The zero-order valence-electron chi connectivity index (χ0n) is 16.1. The molecule has 7 nitrogen and oxygen atoms in total. The van der Waals surface area contributed by atoms with Crippen molar-refractivity contribution in [3.8, 4) is 11.5 Å². The zero-order chi connectivity index (χ0) is 20.6. The number of hydrogen-bond acceptors (Lipinski definition) is 7. The highest BCUT2D eigenvalue weighted by atomic mass is 32.1. The van der Waals surface area contributed by atoms with Gasteiger partial charge in [-0.3, -0.25) is 14.9 Å². The van der Waals surface area contributed by atoms with Gasteiger partial charge in [0.1, 0.15) is 0 Å². The van der Waals surface area contributed by atoms with E-state index in [1.165, 1.54) is 22.7 Å². The summed E-state index contributed by atoms with van der Waals surface area (Å²) in [7, 11) is 3.18. The highest BCUT2D eigenvalue weighted by molar-refractivity contribution is 7.14. The smallest absolute Gasteiger partial charge is 0.267 e. The monoisotopic (exact) mass is 431 g/mol. The molecule has 0 atom stereocenters. The van der Waals surface area contributed by atoms with Crippen molar-refractivity contribution in [3.05, 3.63) is 57.2 Å². The van der Waals surface area contributed by atoms with E-state index in [1.807, 2.05) is 29.6 Å². The lowest BCUT2D eigenvalue weighted by Gasteiger charge is -2.10. The lowest BCUT2D eigenvalue weighted by atomic mass is 10.1. The lowest BCUT2D eigenvalue weighted by molar-refractivity contribution is -0.120. The summed E-state index contributed by atoms with van der Waals surface area (Å²) in [4.78, 5) is 29.1. The molecule has 2 N–H and O–H groups in total. The van der Waals surface area contributed by atoms with Crippen LogP contribution < -0.4 is 20.1 Å². The van der Waals surface area contributed by atoms with Gasteiger partial charge in [-0.2, -0.15) is 0 Å². The number of hydrogen-bond donors (Lipinski definition) is 2. The summed E-state index contributed by atoms with van der Waals surface area (Å²) in [6.07, 6.45) is 0.836. The first-order chi connectivity index (χ1) is 14.1. The molecule has 2 aromatic heterocycles. The highest BCUT2D eigenvalue weighted by Gasteiger charge is 2.12. The Balaban J connectivity index is 1.45. The van der Waals surface area contributed by atoms with Crippen molar-refractivity contribution in [1.82, 2.24) is 10.3 Å².